The van der Waals surface area contributed by atoms with Gasteiger partial charge in [0.1, 0.15) is 0 Å². The molecule has 0 fully saturated rings. The lowest BCUT2D eigenvalue weighted by molar-refractivity contribution is -0.112. The second-order valence-corrected chi connectivity index (χ2v) is 9.17. The summed E-state index contributed by atoms with van der Waals surface area (Å²) in [7, 11) is 0. The third-order valence-corrected chi connectivity index (χ3v) is 5.71. The normalized spacial score (nSPS) is 12.8. The molecule has 2 rings (SSSR count). The predicted octanol–water partition coefficient (Wildman–Crippen LogP) is 8.30. The van der Waals surface area contributed by atoms with Crippen molar-refractivity contribution in [2.45, 2.75) is 60.0 Å². The highest BCUT2D eigenvalue weighted by atomic mass is 35.5. The summed E-state index contributed by atoms with van der Waals surface area (Å²) in [4.78, 5) is 11.7. The number of rotatable bonds is 14. The number of halogens is 1. The smallest absolute Gasteiger partial charge is 0.154 e. The summed E-state index contributed by atoms with van der Waals surface area (Å²) < 4.78 is 0. The lowest BCUT2D eigenvalue weighted by Crippen LogP contribution is -2.15. The molecule has 0 radical (unpaired) electrons. The average molecular weight is 503 g/mol. The second kappa shape index (κ2) is 15.8. The van der Waals surface area contributed by atoms with E-state index in [0.717, 1.165) is 65.5 Å². The Kier molecular flexibility index (Phi) is 12.7. The Bertz CT molecular complexity index is 1140. The van der Waals surface area contributed by atoms with Gasteiger partial charge in [0.15, 0.2) is 5.78 Å². The average Bonchev–Trinajstić information content (AvgIpc) is 2.84. The monoisotopic (exact) mass is 502 g/mol. The number of ketones is 1. The van der Waals surface area contributed by atoms with Gasteiger partial charge in [-0.05, 0) is 78.8 Å². The van der Waals surface area contributed by atoms with Gasteiger partial charge < -0.3 is 10.6 Å². The molecule has 2 N–H and O–H groups in total. The van der Waals surface area contributed by atoms with Gasteiger partial charge in [-0.25, -0.2) is 0 Å². The van der Waals surface area contributed by atoms with E-state index in [0.29, 0.717) is 0 Å². The molecule has 190 valence electrons. The molecule has 0 aliphatic carbocycles. The first-order valence-corrected chi connectivity index (χ1v) is 13.0. The fourth-order valence-corrected chi connectivity index (χ4v) is 3.93. The first-order chi connectivity index (χ1) is 17.4. The van der Waals surface area contributed by atoms with Crippen LogP contribution in [-0.4, -0.2) is 5.78 Å². The summed E-state index contributed by atoms with van der Waals surface area (Å²) in [5, 5.41) is 7.76. The largest absolute Gasteiger partial charge is 0.359 e. The summed E-state index contributed by atoms with van der Waals surface area (Å²) in [5.41, 5.74) is 7.34. The number of hydrogen-bond donors (Lipinski definition) is 2. The fourth-order valence-electron chi connectivity index (χ4n) is 3.80. The number of nitrogens with one attached hydrogen (secondary N) is 2. The minimum atomic E-state index is 0.0456. The van der Waals surface area contributed by atoms with E-state index in [9.17, 15) is 4.79 Å². The molecule has 0 atom stereocenters. The Hall–Kier alpha value is -3.14. The second-order valence-electron chi connectivity index (χ2n) is 8.74. The van der Waals surface area contributed by atoms with Crippen molar-refractivity contribution in [3.63, 3.8) is 0 Å². The number of allylic oxidation sites excluding steroid dienone is 7. The topological polar surface area (TPSA) is 41.1 Å². The van der Waals surface area contributed by atoms with Gasteiger partial charge in [0.25, 0.3) is 0 Å². The van der Waals surface area contributed by atoms with Crippen LogP contribution in [0.25, 0.3) is 5.57 Å². The van der Waals surface area contributed by atoms with Gasteiger partial charge in [0.05, 0.1) is 0 Å². The molecule has 0 unspecified atom stereocenters. The molecule has 3 nitrogen and oxygen atoms in total. The van der Waals surface area contributed by atoms with Crippen molar-refractivity contribution in [1.82, 2.24) is 10.6 Å². The van der Waals surface area contributed by atoms with Crippen LogP contribution in [0.1, 0.15) is 63.6 Å². The maximum atomic E-state index is 11.7. The molecular weight excluding hydrogens is 464 g/mol. The number of carbonyl (C=O) groups is 1. The predicted molar refractivity (Wildman–Crippen MR) is 156 cm³/mol. The quantitative estimate of drug-likeness (QED) is 0.201. The van der Waals surface area contributed by atoms with Gasteiger partial charge in [-0.1, -0.05) is 87.0 Å². The lowest BCUT2D eigenvalue weighted by Gasteiger charge is -2.16. The van der Waals surface area contributed by atoms with Crippen LogP contribution in [0.2, 0.25) is 5.02 Å². The number of benzene rings is 2. The van der Waals surface area contributed by atoms with Crippen LogP contribution in [0.15, 0.2) is 102 Å². The van der Waals surface area contributed by atoms with Crippen LogP contribution in [0, 0.1) is 0 Å². The minimum Gasteiger partial charge on any atom is -0.359 e. The molecule has 0 aromatic heterocycles. The molecule has 2 aromatic rings. The summed E-state index contributed by atoms with van der Waals surface area (Å²) in [5.74, 6) is 0.0456. The maximum absolute atomic E-state index is 11.7. The Morgan fingerprint density at radius 2 is 1.75 bits per heavy atom. The molecule has 4 heteroatoms. The van der Waals surface area contributed by atoms with E-state index in [2.05, 4.69) is 73.6 Å². The summed E-state index contributed by atoms with van der Waals surface area (Å²) >= 11 is 5.98. The Balaban J connectivity index is 2.20. The van der Waals surface area contributed by atoms with Gasteiger partial charge in [0.2, 0.25) is 0 Å². The van der Waals surface area contributed by atoms with Gasteiger partial charge in [-0.15, -0.1) is 0 Å². The molecule has 0 aliphatic heterocycles. The van der Waals surface area contributed by atoms with Gasteiger partial charge in [-0.2, -0.15) is 0 Å². The van der Waals surface area contributed by atoms with E-state index < -0.39 is 0 Å². The van der Waals surface area contributed by atoms with Gasteiger partial charge in [0, 0.05) is 35.6 Å². The third-order valence-electron chi connectivity index (χ3n) is 5.46. The standard InChI is InChI=1S/C32H39ClN2O/c1-6-10-29(32(12-8-3)35-31(11-7-2)20-25(5)36)19-24(4)28-14-9-13-27(21-28)23-34-22-26-15-17-30(33)18-16-26/h6,9-10,12-21,34-35H,4,7-8,11,22-23H2,1-3,5H3/b10-6-,29-19+,31-20+,32-12-. The molecule has 0 saturated heterocycles. The molecule has 0 spiro atoms. The highest BCUT2D eigenvalue weighted by Gasteiger charge is 2.08. The van der Waals surface area contributed by atoms with E-state index in [1.165, 1.54) is 11.1 Å². The highest BCUT2D eigenvalue weighted by molar-refractivity contribution is 6.30. The molecule has 0 aliphatic rings. The van der Waals surface area contributed by atoms with Crippen molar-refractivity contribution in [2.75, 3.05) is 0 Å². The molecule has 36 heavy (non-hydrogen) atoms. The number of hydrogen-bond acceptors (Lipinski definition) is 3. The van der Waals surface area contributed by atoms with E-state index >= 15 is 0 Å². The molecule has 0 saturated carbocycles. The van der Waals surface area contributed by atoms with Gasteiger partial charge >= 0.3 is 0 Å². The molecule has 0 amide bonds. The molecular formula is C32H39ClN2O. The minimum absolute atomic E-state index is 0.0456. The van der Waals surface area contributed by atoms with Crippen molar-refractivity contribution in [3.8, 4) is 0 Å². The van der Waals surface area contributed by atoms with E-state index in [1.807, 2.05) is 37.3 Å². The summed E-state index contributed by atoms with van der Waals surface area (Å²) in [6.07, 6.45) is 12.7. The molecule has 0 bridgehead atoms. The summed E-state index contributed by atoms with van der Waals surface area (Å²) in [6, 6.07) is 16.3. The Morgan fingerprint density at radius 1 is 1.03 bits per heavy atom. The van der Waals surface area contributed by atoms with Crippen LogP contribution in [-0.2, 0) is 17.9 Å². The van der Waals surface area contributed by atoms with Crippen LogP contribution in [0.4, 0.5) is 0 Å². The van der Waals surface area contributed by atoms with Gasteiger partial charge in [-0.3, -0.25) is 4.79 Å². The molecule has 2 aromatic carbocycles. The SMILES string of the molecule is C=C(/C=C(\C=C/C)C(=C/CC)/N/C(=C/C(C)=O)CCC)c1cccc(CNCc2ccc(Cl)cc2)c1. The molecule has 0 heterocycles. The van der Waals surface area contributed by atoms with Crippen molar-refractivity contribution >= 4 is 23.0 Å². The third kappa shape index (κ3) is 10.2. The summed E-state index contributed by atoms with van der Waals surface area (Å²) in [6.45, 7) is 13.7. The fraction of sp³-hybridized carbons (Fsp3) is 0.281. The highest BCUT2D eigenvalue weighted by Crippen LogP contribution is 2.22. The van der Waals surface area contributed by atoms with Crippen molar-refractivity contribution < 1.29 is 4.79 Å². The van der Waals surface area contributed by atoms with Crippen molar-refractivity contribution in [1.29, 1.82) is 0 Å². The van der Waals surface area contributed by atoms with Crippen molar-refractivity contribution in [2.24, 2.45) is 0 Å². The Morgan fingerprint density at radius 3 is 2.39 bits per heavy atom. The van der Waals surface area contributed by atoms with Crippen LogP contribution in [0.3, 0.4) is 0 Å². The zero-order chi connectivity index (χ0) is 26.3. The van der Waals surface area contributed by atoms with Crippen LogP contribution < -0.4 is 10.6 Å². The van der Waals surface area contributed by atoms with Crippen LogP contribution >= 0.6 is 11.6 Å². The van der Waals surface area contributed by atoms with Crippen LogP contribution in [0.5, 0.6) is 0 Å². The Labute approximate surface area is 222 Å². The first-order valence-electron chi connectivity index (χ1n) is 12.6. The van der Waals surface area contributed by atoms with Crippen molar-refractivity contribution in [3.05, 3.63) is 124 Å². The zero-order valence-electron chi connectivity index (χ0n) is 22.0. The van der Waals surface area contributed by atoms with E-state index in [1.54, 1.807) is 13.0 Å². The first kappa shape index (κ1) is 29.1. The maximum Gasteiger partial charge on any atom is 0.154 e. The van der Waals surface area contributed by atoms with E-state index in [4.69, 9.17) is 11.6 Å². The number of carbonyl (C=O) groups excluding carboxylic acids is 1. The zero-order valence-corrected chi connectivity index (χ0v) is 22.8. The lowest BCUT2D eigenvalue weighted by atomic mass is 10.00. The van der Waals surface area contributed by atoms with E-state index in [-0.39, 0.29) is 5.78 Å².